The Morgan fingerprint density at radius 1 is 1.03 bits per heavy atom. The van der Waals surface area contributed by atoms with Crippen LogP contribution in [0.2, 0.25) is 0 Å². The van der Waals surface area contributed by atoms with Gasteiger partial charge in [0.25, 0.3) is 16.0 Å². The lowest BCUT2D eigenvalue weighted by atomic mass is 9.98. The molecule has 0 aliphatic heterocycles. The molecule has 1 atom stereocenters. The minimum Gasteiger partial charge on any atom is -0.493 e. The molecule has 0 aliphatic rings. The van der Waals surface area contributed by atoms with Crippen molar-refractivity contribution in [3.63, 3.8) is 0 Å². The van der Waals surface area contributed by atoms with E-state index in [9.17, 15) is 18.0 Å². The first-order chi connectivity index (χ1) is 14.8. The van der Waals surface area contributed by atoms with E-state index in [0.29, 0.717) is 23.5 Å². The molecule has 9 heteroatoms. The maximum absolute atomic E-state index is 13.0. The van der Waals surface area contributed by atoms with Crippen molar-refractivity contribution in [2.45, 2.75) is 32.7 Å². The maximum atomic E-state index is 13.0. The molecular formula is C22H27NO7S. The molecule has 0 aromatic heterocycles. The van der Waals surface area contributed by atoms with Crippen LogP contribution in [0, 0.1) is 0 Å². The van der Waals surface area contributed by atoms with Crippen LogP contribution >= 0.6 is 0 Å². The largest absolute Gasteiger partial charge is 0.493 e. The van der Waals surface area contributed by atoms with Gasteiger partial charge < -0.3 is 14.8 Å². The fourth-order valence-electron chi connectivity index (χ4n) is 2.94. The maximum Gasteiger partial charge on any atom is 0.328 e. The minimum absolute atomic E-state index is 0.0653. The van der Waals surface area contributed by atoms with E-state index >= 15 is 0 Å². The van der Waals surface area contributed by atoms with E-state index in [-0.39, 0.29) is 18.6 Å². The van der Waals surface area contributed by atoms with Crippen molar-refractivity contribution in [1.29, 1.82) is 0 Å². The van der Waals surface area contributed by atoms with Crippen LogP contribution < -0.4 is 10.1 Å². The van der Waals surface area contributed by atoms with E-state index in [1.807, 2.05) is 31.2 Å². The Balaban J connectivity index is 2.34. The average Bonchev–Trinajstić information content (AvgIpc) is 2.74. The topological polar surface area (TPSA) is 119 Å². The van der Waals surface area contributed by atoms with Crippen molar-refractivity contribution < 1.29 is 32.0 Å². The molecule has 2 aromatic carbocycles. The van der Waals surface area contributed by atoms with E-state index in [0.717, 1.165) is 6.42 Å². The summed E-state index contributed by atoms with van der Waals surface area (Å²) in [5, 5.41) is 2.53. The van der Waals surface area contributed by atoms with Gasteiger partial charge in [0.15, 0.2) is 0 Å². The number of carbonyl (C=O) groups is 2. The molecule has 2 rings (SSSR count). The smallest absolute Gasteiger partial charge is 0.328 e. The second-order valence-corrected chi connectivity index (χ2v) is 8.32. The Morgan fingerprint density at radius 2 is 1.68 bits per heavy atom. The predicted octanol–water partition coefficient (Wildman–Crippen LogP) is 3.08. The highest BCUT2D eigenvalue weighted by Crippen LogP contribution is 2.32. The quantitative estimate of drug-likeness (QED) is 0.400. The number of ether oxygens (including phenoxy) is 2. The highest BCUT2D eigenvalue weighted by molar-refractivity contribution is 7.85. The van der Waals surface area contributed by atoms with Gasteiger partial charge in [0.1, 0.15) is 11.8 Å². The van der Waals surface area contributed by atoms with Crippen molar-refractivity contribution in [2.75, 3.05) is 19.0 Å². The van der Waals surface area contributed by atoms with E-state index < -0.39 is 33.8 Å². The van der Waals surface area contributed by atoms with E-state index in [1.54, 1.807) is 31.2 Å². The first-order valence-electron chi connectivity index (χ1n) is 10.0. The van der Waals surface area contributed by atoms with Gasteiger partial charge >= 0.3 is 5.97 Å². The minimum atomic E-state index is -4.31. The third-order valence-electron chi connectivity index (χ3n) is 4.35. The molecule has 2 aromatic rings. The molecule has 0 radical (unpaired) electrons. The second-order valence-electron chi connectivity index (χ2n) is 6.74. The lowest BCUT2D eigenvalue weighted by Gasteiger charge is -2.19. The van der Waals surface area contributed by atoms with Gasteiger partial charge in [0.2, 0.25) is 0 Å². The van der Waals surface area contributed by atoms with Crippen molar-refractivity contribution in [3.8, 4) is 16.9 Å². The summed E-state index contributed by atoms with van der Waals surface area (Å²) in [5.41, 5.74) is 1.60. The molecule has 0 unspecified atom stereocenters. The van der Waals surface area contributed by atoms with Crippen LogP contribution in [0.3, 0.4) is 0 Å². The van der Waals surface area contributed by atoms with Crippen LogP contribution in [-0.4, -0.2) is 49.9 Å². The third-order valence-corrected chi connectivity index (χ3v) is 5.10. The molecule has 1 amide bonds. The zero-order chi connectivity index (χ0) is 22.9. The molecule has 0 saturated carbocycles. The number of hydrogen-bond donors (Lipinski definition) is 2. The molecule has 8 nitrogen and oxygen atoms in total. The van der Waals surface area contributed by atoms with Crippen LogP contribution in [0.4, 0.5) is 0 Å². The highest BCUT2D eigenvalue weighted by Gasteiger charge is 2.26. The molecule has 0 spiro atoms. The van der Waals surface area contributed by atoms with Crippen molar-refractivity contribution in [3.05, 3.63) is 54.1 Å². The Labute approximate surface area is 182 Å². The van der Waals surface area contributed by atoms with Gasteiger partial charge in [0.05, 0.1) is 19.0 Å². The van der Waals surface area contributed by atoms with Crippen molar-refractivity contribution >= 4 is 22.0 Å². The number of amides is 1. The summed E-state index contributed by atoms with van der Waals surface area (Å²) in [6.45, 7) is 4.18. The van der Waals surface area contributed by atoms with Crippen molar-refractivity contribution in [2.24, 2.45) is 0 Å². The highest BCUT2D eigenvalue weighted by atomic mass is 32.2. The summed E-state index contributed by atoms with van der Waals surface area (Å²) in [4.78, 5) is 25.3. The third kappa shape index (κ3) is 7.37. The van der Waals surface area contributed by atoms with Gasteiger partial charge in [-0.3, -0.25) is 9.35 Å². The number of rotatable bonds is 11. The molecular weight excluding hydrogens is 422 g/mol. The average molecular weight is 450 g/mol. The molecule has 0 heterocycles. The summed E-state index contributed by atoms with van der Waals surface area (Å²) in [5.74, 6) is -1.41. The summed E-state index contributed by atoms with van der Waals surface area (Å²) >= 11 is 0. The SMILES string of the molecule is CCCOc1ccccc1-c1ccccc1C(=O)N[C@@H](CCS(=O)(=O)O)C(=O)OCC. The van der Waals surface area contributed by atoms with Crippen LogP contribution in [0.15, 0.2) is 48.5 Å². The Hall–Kier alpha value is -2.91. The molecule has 31 heavy (non-hydrogen) atoms. The van der Waals surface area contributed by atoms with Gasteiger partial charge in [0, 0.05) is 11.1 Å². The number of carbonyl (C=O) groups excluding carboxylic acids is 2. The molecule has 0 fully saturated rings. The second kappa shape index (κ2) is 11.5. The predicted molar refractivity (Wildman–Crippen MR) is 117 cm³/mol. The Kier molecular flexibility index (Phi) is 9.02. The zero-order valence-electron chi connectivity index (χ0n) is 17.5. The summed E-state index contributed by atoms with van der Waals surface area (Å²) in [7, 11) is -4.31. The Bertz CT molecular complexity index is 1000. The van der Waals surface area contributed by atoms with Crippen molar-refractivity contribution in [1.82, 2.24) is 5.32 Å². The fourth-order valence-corrected chi connectivity index (χ4v) is 3.47. The van der Waals surface area contributed by atoms with Crippen LogP contribution in [0.25, 0.3) is 11.1 Å². The molecule has 168 valence electrons. The van der Waals surface area contributed by atoms with E-state index in [1.165, 1.54) is 0 Å². The van der Waals surface area contributed by atoms with Gasteiger partial charge in [-0.25, -0.2) is 4.79 Å². The Morgan fingerprint density at radius 3 is 2.32 bits per heavy atom. The monoisotopic (exact) mass is 449 g/mol. The number of benzene rings is 2. The first kappa shape index (κ1) is 24.4. The number of para-hydroxylation sites is 1. The standard InChI is InChI=1S/C22H27NO7S/c1-3-14-30-20-12-8-7-10-17(20)16-9-5-6-11-18(16)21(24)23-19(22(25)29-4-2)13-15-31(26,27)28/h5-12,19H,3-4,13-15H2,1-2H3,(H,23,24)(H,26,27,28)/t19-/m0/s1. The lowest BCUT2D eigenvalue weighted by molar-refractivity contribution is -0.145. The number of hydrogen-bond acceptors (Lipinski definition) is 6. The summed E-state index contributed by atoms with van der Waals surface area (Å²) in [6, 6.07) is 12.9. The first-order valence-corrected chi connectivity index (χ1v) is 11.6. The van der Waals surface area contributed by atoms with Gasteiger partial charge in [-0.2, -0.15) is 8.42 Å². The summed E-state index contributed by atoms with van der Waals surface area (Å²) < 4.78 is 42.0. The zero-order valence-corrected chi connectivity index (χ0v) is 18.4. The van der Waals surface area contributed by atoms with E-state index in [2.05, 4.69) is 5.32 Å². The fraction of sp³-hybridized carbons (Fsp3) is 0.364. The molecule has 2 N–H and O–H groups in total. The van der Waals surface area contributed by atoms with Crippen LogP contribution in [-0.2, 0) is 19.6 Å². The molecule has 0 bridgehead atoms. The normalized spacial score (nSPS) is 12.1. The van der Waals surface area contributed by atoms with Crippen LogP contribution in [0.5, 0.6) is 5.75 Å². The number of esters is 1. The molecule has 0 saturated heterocycles. The van der Waals surface area contributed by atoms with Gasteiger partial charge in [-0.05, 0) is 37.5 Å². The van der Waals surface area contributed by atoms with E-state index in [4.69, 9.17) is 14.0 Å². The van der Waals surface area contributed by atoms with Gasteiger partial charge in [-0.1, -0.05) is 43.3 Å². The number of nitrogens with one attached hydrogen (secondary N) is 1. The van der Waals surface area contributed by atoms with Gasteiger partial charge in [-0.15, -0.1) is 0 Å². The lowest BCUT2D eigenvalue weighted by Crippen LogP contribution is -2.43. The van der Waals surface area contributed by atoms with Crippen LogP contribution in [0.1, 0.15) is 37.0 Å². The molecule has 0 aliphatic carbocycles. The summed E-state index contributed by atoms with van der Waals surface area (Å²) in [6.07, 6.45) is 0.507.